The van der Waals surface area contributed by atoms with E-state index < -0.39 is 6.10 Å². The smallest absolute Gasteiger partial charge is 0.291 e. The first kappa shape index (κ1) is 18.6. The van der Waals surface area contributed by atoms with Crippen LogP contribution in [0.2, 0.25) is 0 Å². The van der Waals surface area contributed by atoms with Gasteiger partial charge in [0, 0.05) is 5.56 Å². The van der Waals surface area contributed by atoms with Gasteiger partial charge in [-0.3, -0.25) is 4.79 Å². The van der Waals surface area contributed by atoms with Gasteiger partial charge in [-0.1, -0.05) is 48.6 Å². The van der Waals surface area contributed by atoms with Crippen molar-refractivity contribution >= 4 is 22.4 Å². The number of ether oxygens (including phenoxy) is 3. The Labute approximate surface area is 176 Å². The van der Waals surface area contributed by atoms with E-state index in [1.807, 2.05) is 54.6 Å². The number of hydrogen-bond donors (Lipinski definition) is 0. The van der Waals surface area contributed by atoms with Gasteiger partial charge >= 0.3 is 0 Å². The van der Waals surface area contributed by atoms with Crippen LogP contribution in [0.1, 0.15) is 30.8 Å². The summed E-state index contributed by atoms with van der Waals surface area (Å²) in [5, 5.41) is 4.39. The zero-order valence-corrected chi connectivity index (χ0v) is 17.1. The number of aromatic nitrogens is 3. The maximum atomic E-state index is 12.9. The van der Waals surface area contributed by atoms with E-state index >= 15 is 0 Å². The largest absolute Gasteiger partial charge is 0.493 e. The molecule has 1 aliphatic heterocycles. The Morgan fingerprint density at radius 1 is 1.20 bits per heavy atom. The zero-order valence-electron chi connectivity index (χ0n) is 16.3. The summed E-state index contributed by atoms with van der Waals surface area (Å²) in [7, 11) is 0. The van der Waals surface area contributed by atoms with Crippen molar-refractivity contribution in [3.8, 4) is 17.2 Å². The summed E-state index contributed by atoms with van der Waals surface area (Å²) in [6.45, 7) is 2.98. The number of thiazole rings is 1. The lowest BCUT2D eigenvalue weighted by Gasteiger charge is -2.24. The number of nitrogens with zero attached hydrogens (tertiary/aromatic N) is 3. The van der Waals surface area contributed by atoms with Gasteiger partial charge in [-0.15, -0.1) is 5.10 Å². The van der Waals surface area contributed by atoms with Crippen molar-refractivity contribution in [3.63, 3.8) is 0 Å². The molecule has 0 amide bonds. The lowest BCUT2D eigenvalue weighted by molar-refractivity contribution is 0.0852. The van der Waals surface area contributed by atoms with Crippen molar-refractivity contribution < 1.29 is 14.2 Å². The summed E-state index contributed by atoms with van der Waals surface area (Å²) in [4.78, 5) is 17.9. The fourth-order valence-electron chi connectivity index (χ4n) is 3.22. The van der Waals surface area contributed by atoms with Crippen LogP contribution in [0.5, 0.6) is 17.2 Å². The highest BCUT2D eigenvalue weighted by atomic mass is 32.1. The van der Waals surface area contributed by atoms with Crippen LogP contribution in [0.15, 0.2) is 53.3 Å². The van der Waals surface area contributed by atoms with Crippen molar-refractivity contribution in [1.82, 2.24) is 14.6 Å². The molecule has 0 radical (unpaired) electrons. The highest BCUT2D eigenvalue weighted by molar-refractivity contribution is 7.15. The summed E-state index contributed by atoms with van der Waals surface area (Å²) in [6.07, 6.45) is 2.28. The van der Waals surface area contributed by atoms with Gasteiger partial charge in [-0.25, -0.2) is 0 Å². The Balaban J connectivity index is 1.47. The number of benzene rings is 2. The van der Waals surface area contributed by atoms with Gasteiger partial charge in [0.2, 0.25) is 4.96 Å². The minimum atomic E-state index is -0.456. The van der Waals surface area contributed by atoms with Crippen LogP contribution in [-0.4, -0.2) is 27.8 Å². The van der Waals surface area contributed by atoms with Gasteiger partial charge in [-0.2, -0.15) is 9.50 Å². The van der Waals surface area contributed by atoms with Gasteiger partial charge in [0.25, 0.3) is 5.56 Å². The third-order valence-electron chi connectivity index (χ3n) is 4.66. The van der Waals surface area contributed by atoms with E-state index in [1.54, 1.807) is 0 Å². The topological polar surface area (TPSA) is 74.9 Å². The minimum Gasteiger partial charge on any atom is -0.493 e. The number of hydrogen-bond acceptors (Lipinski definition) is 7. The summed E-state index contributed by atoms with van der Waals surface area (Å²) in [6, 6.07) is 15.1. The fourth-order valence-corrected chi connectivity index (χ4v) is 4.12. The van der Waals surface area contributed by atoms with Gasteiger partial charge < -0.3 is 14.2 Å². The van der Waals surface area contributed by atoms with Crippen molar-refractivity contribution in [3.05, 3.63) is 74.8 Å². The number of para-hydroxylation sites is 3. The second kappa shape index (κ2) is 7.79. The maximum absolute atomic E-state index is 12.9. The lowest BCUT2D eigenvalue weighted by atomic mass is 10.2. The highest BCUT2D eigenvalue weighted by Crippen LogP contribution is 2.35. The number of rotatable bonds is 5. The molecule has 2 aromatic heterocycles. The lowest BCUT2D eigenvalue weighted by Crippen LogP contribution is -2.26. The van der Waals surface area contributed by atoms with Gasteiger partial charge in [0.1, 0.15) is 12.4 Å². The Kier molecular flexibility index (Phi) is 4.84. The molecule has 0 spiro atoms. The van der Waals surface area contributed by atoms with E-state index in [0.717, 1.165) is 17.7 Å². The van der Waals surface area contributed by atoms with Crippen molar-refractivity contribution in [2.45, 2.75) is 19.4 Å². The van der Waals surface area contributed by atoms with Gasteiger partial charge in [0.15, 0.2) is 23.4 Å². The van der Waals surface area contributed by atoms with Crippen LogP contribution >= 0.6 is 11.3 Å². The third kappa shape index (κ3) is 3.39. The molecule has 4 aromatic rings. The Bertz CT molecular complexity index is 1310. The predicted molar refractivity (Wildman–Crippen MR) is 113 cm³/mol. The van der Waals surface area contributed by atoms with Crippen LogP contribution in [0.25, 0.3) is 11.0 Å². The molecular weight excluding hydrogens is 402 g/mol. The van der Waals surface area contributed by atoms with E-state index in [4.69, 9.17) is 14.2 Å². The molecule has 5 rings (SSSR count). The zero-order chi connectivity index (χ0) is 20.5. The van der Waals surface area contributed by atoms with Crippen LogP contribution in [0, 0.1) is 0 Å². The van der Waals surface area contributed by atoms with Crippen molar-refractivity contribution in [2.24, 2.45) is 0 Å². The maximum Gasteiger partial charge on any atom is 0.291 e. The first-order valence-corrected chi connectivity index (χ1v) is 10.6. The van der Waals surface area contributed by atoms with Crippen LogP contribution in [0.4, 0.5) is 0 Å². The molecule has 7 nitrogen and oxygen atoms in total. The van der Waals surface area contributed by atoms with Crippen LogP contribution < -0.4 is 24.3 Å². The van der Waals surface area contributed by atoms with E-state index in [9.17, 15) is 4.79 Å². The molecule has 2 aromatic carbocycles. The molecule has 1 unspecified atom stereocenters. The standard InChI is InChI=1S/C22H19N3O4S/c1-2-11-27-15-8-4-3-7-14(15)12-19-21(26)25-22(30-19)23-20(24-25)18-13-28-16-9-5-6-10-17(16)29-18/h3-10,12,18H,2,11,13H2,1H3/b19-12-. The van der Waals surface area contributed by atoms with Crippen molar-refractivity contribution in [2.75, 3.05) is 13.2 Å². The molecule has 1 atom stereocenters. The second-order valence-electron chi connectivity index (χ2n) is 6.83. The molecule has 152 valence electrons. The van der Waals surface area contributed by atoms with Crippen molar-refractivity contribution in [1.29, 1.82) is 0 Å². The van der Waals surface area contributed by atoms with Crippen LogP contribution in [0.3, 0.4) is 0 Å². The summed E-state index contributed by atoms with van der Waals surface area (Å²) >= 11 is 1.29. The highest BCUT2D eigenvalue weighted by Gasteiger charge is 2.27. The van der Waals surface area contributed by atoms with Crippen LogP contribution in [-0.2, 0) is 0 Å². The molecule has 0 aliphatic carbocycles. The average molecular weight is 421 g/mol. The molecule has 0 N–H and O–H groups in total. The van der Waals surface area contributed by atoms with Gasteiger partial charge in [0.05, 0.1) is 11.1 Å². The Morgan fingerprint density at radius 2 is 2.00 bits per heavy atom. The third-order valence-corrected chi connectivity index (χ3v) is 5.62. The van der Waals surface area contributed by atoms with Gasteiger partial charge in [-0.05, 0) is 30.7 Å². The molecular formula is C22H19N3O4S. The summed E-state index contributed by atoms with van der Waals surface area (Å²) < 4.78 is 19.3. The monoisotopic (exact) mass is 421 g/mol. The normalized spacial score (nSPS) is 16.2. The van der Waals surface area contributed by atoms with E-state index in [0.29, 0.717) is 40.0 Å². The van der Waals surface area contributed by atoms with E-state index in [1.165, 1.54) is 15.9 Å². The molecule has 0 saturated carbocycles. The SMILES string of the molecule is CCCOc1ccccc1/C=c1\sc2nc(C3COc4ccccc4O3)nn2c1=O. The molecule has 0 fully saturated rings. The fraction of sp³-hybridized carbons (Fsp3) is 0.227. The molecule has 0 saturated heterocycles. The molecule has 3 heterocycles. The summed E-state index contributed by atoms with van der Waals surface area (Å²) in [5.74, 6) is 2.53. The number of fused-ring (bicyclic) bond motifs is 2. The molecule has 8 heteroatoms. The van der Waals surface area contributed by atoms with E-state index in [-0.39, 0.29) is 5.56 Å². The second-order valence-corrected chi connectivity index (χ2v) is 7.84. The molecule has 1 aliphatic rings. The molecule has 30 heavy (non-hydrogen) atoms. The molecule has 0 bridgehead atoms. The Hall–Kier alpha value is -3.39. The summed E-state index contributed by atoms with van der Waals surface area (Å²) in [5.41, 5.74) is 0.643. The predicted octanol–water partition coefficient (Wildman–Crippen LogP) is 3.00. The quantitative estimate of drug-likeness (QED) is 0.493. The first-order chi connectivity index (χ1) is 14.7. The minimum absolute atomic E-state index is 0.212. The van der Waals surface area contributed by atoms with E-state index in [2.05, 4.69) is 17.0 Å². The first-order valence-electron chi connectivity index (χ1n) is 9.74. The average Bonchev–Trinajstić information content (AvgIpc) is 3.32. The Morgan fingerprint density at radius 3 is 2.83 bits per heavy atom.